The summed E-state index contributed by atoms with van der Waals surface area (Å²) in [5.41, 5.74) is 1.52. The predicted molar refractivity (Wildman–Crippen MR) is 102 cm³/mol. The molecule has 1 N–H and O–H groups in total. The Bertz CT molecular complexity index is 972. The molecule has 0 atom stereocenters. The van der Waals surface area contributed by atoms with E-state index in [1.54, 1.807) is 24.3 Å². The maximum absolute atomic E-state index is 11.7. The van der Waals surface area contributed by atoms with Crippen molar-refractivity contribution in [3.05, 3.63) is 44.4 Å². The number of benzene rings is 2. The number of nitro groups is 1. The third-order valence-corrected chi connectivity index (χ3v) is 4.54. The molecule has 0 unspecified atom stereocenters. The molecule has 0 aliphatic heterocycles. The van der Waals surface area contributed by atoms with E-state index in [1.807, 2.05) is 18.7 Å². The van der Waals surface area contributed by atoms with Crippen LogP contribution in [-0.2, 0) is 0 Å². The normalized spacial score (nSPS) is 10.9. The number of fused-ring (bicyclic) bond motifs is 1. The molecule has 0 amide bonds. The van der Waals surface area contributed by atoms with Gasteiger partial charge in [-0.25, -0.2) is 4.63 Å². The molecule has 0 fully saturated rings. The van der Waals surface area contributed by atoms with Crippen LogP contribution in [0.4, 0.5) is 22.7 Å². The van der Waals surface area contributed by atoms with Gasteiger partial charge in [0.05, 0.1) is 21.3 Å². The zero-order chi connectivity index (χ0) is 18.8. The minimum Gasteiger partial charge on any atom is -0.370 e. The minimum atomic E-state index is -0.528. The summed E-state index contributed by atoms with van der Waals surface area (Å²) in [7, 11) is 0. The Balaban J connectivity index is 2.24. The molecule has 0 saturated carbocycles. The minimum absolute atomic E-state index is 0.0695. The van der Waals surface area contributed by atoms with Gasteiger partial charge in [0.1, 0.15) is 5.69 Å². The molecule has 1 aromatic heterocycles. The molecule has 136 valence electrons. The molecule has 0 saturated heterocycles. The van der Waals surface area contributed by atoms with Gasteiger partial charge in [-0.1, -0.05) is 23.2 Å². The first-order valence-electron chi connectivity index (χ1n) is 7.86. The first kappa shape index (κ1) is 18.2. The molecule has 1 heterocycles. The first-order chi connectivity index (χ1) is 12.5. The Labute approximate surface area is 158 Å². The third-order valence-electron chi connectivity index (χ3n) is 3.98. The Hall–Kier alpha value is -2.58. The van der Waals surface area contributed by atoms with Gasteiger partial charge in [-0.15, -0.1) is 0 Å². The fourth-order valence-corrected chi connectivity index (χ4v) is 3.07. The lowest BCUT2D eigenvalue weighted by Gasteiger charge is -2.22. The van der Waals surface area contributed by atoms with Gasteiger partial charge in [0.25, 0.3) is 0 Å². The third kappa shape index (κ3) is 3.25. The largest absolute Gasteiger partial charge is 0.370 e. The quantitative estimate of drug-likeness (QED) is 0.461. The fraction of sp³-hybridized carbons (Fsp3) is 0.250. The maximum atomic E-state index is 11.7. The summed E-state index contributed by atoms with van der Waals surface area (Å²) in [5, 5.41) is 23.1. The van der Waals surface area contributed by atoms with Crippen LogP contribution in [0, 0.1) is 10.1 Å². The van der Waals surface area contributed by atoms with Crippen molar-refractivity contribution in [1.82, 2.24) is 10.3 Å². The van der Waals surface area contributed by atoms with E-state index in [9.17, 15) is 10.1 Å². The van der Waals surface area contributed by atoms with Crippen LogP contribution in [0.2, 0.25) is 10.0 Å². The second kappa shape index (κ2) is 7.35. The number of anilines is 3. The summed E-state index contributed by atoms with van der Waals surface area (Å²) < 4.78 is 4.78. The van der Waals surface area contributed by atoms with Crippen LogP contribution in [0.5, 0.6) is 0 Å². The molecular weight excluding hydrogens is 381 g/mol. The highest BCUT2D eigenvalue weighted by atomic mass is 35.5. The van der Waals surface area contributed by atoms with Gasteiger partial charge in [-0.05, 0) is 48.4 Å². The van der Waals surface area contributed by atoms with Gasteiger partial charge in [0.2, 0.25) is 5.52 Å². The highest BCUT2D eigenvalue weighted by Crippen LogP contribution is 2.40. The van der Waals surface area contributed by atoms with E-state index < -0.39 is 4.92 Å². The van der Waals surface area contributed by atoms with E-state index in [4.69, 9.17) is 27.8 Å². The number of rotatable bonds is 6. The summed E-state index contributed by atoms with van der Waals surface area (Å²) in [6.07, 6.45) is 0. The lowest BCUT2D eigenvalue weighted by Crippen LogP contribution is -2.22. The number of aromatic nitrogens is 2. The lowest BCUT2D eigenvalue weighted by molar-refractivity contribution is -0.382. The molecular formula is C16H15Cl2N5O3. The molecule has 0 bridgehead atoms. The Morgan fingerprint density at radius 3 is 2.50 bits per heavy atom. The van der Waals surface area contributed by atoms with Gasteiger partial charge in [0.15, 0.2) is 5.52 Å². The fourth-order valence-electron chi connectivity index (χ4n) is 2.74. The second-order valence-corrected chi connectivity index (χ2v) is 6.28. The van der Waals surface area contributed by atoms with E-state index in [2.05, 4.69) is 15.6 Å². The average molecular weight is 396 g/mol. The van der Waals surface area contributed by atoms with Crippen molar-refractivity contribution in [3.8, 4) is 0 Å². The van der Waals surface area contributed by atoms with Crippen LogP contribution in [0.3, 0.4) is 0 Å². The SMILES string of the molecule is CCN(CC)c1cc(Nc2cc(Cl)ccc2Cl)c([N+](=O)[O-])c2nonc12. The van der Waals surface area contributed by atoms with Crippen molar-refractivity contribution in [1.29, 1.82) is 0 Å². The maximum Gasteiger partial charge on any atom is 0.324 e. The Morgan fingerprint density at radius 1 is 1.15 bits per heavy atom. The van der Waals surface area contributed by atoms with Gasteiger partial charge in [-0.3, -0.25) is 10.1 Å². The Morgan fingerprint density at radius 2 is 1.85 bits per heavy atom. The van der Waals surface area contributed by atoms with Crippen LogP contribution >= 0.6 is 23.2 Å². The Kier molecular flexibility index (Phi) is 5.15. The topological polar surface area (TPSA) is 97.3 Å². The number of nitrogens with zero attached hydrogens (tertiary/aromatic N) is 4. The summed E-state index contributed by atoms with van der Waals surface area (Å²) in [6.45, 7) is 5.33. The molecule has 0 aliphatic rings. The zero-order valence-electron chi connectivity index (χ0n) is 14.0. The van der Waals surface area contributed by atoms with Crippen molar-refractivity contribution in [3.63, 3.8) is 0 Å². The number of nitrogens with one attached hydrogen (secondary N) is 1. The standard InChI is InChI=1S/C16H15Cl2N5O3/c1-3-22(4-2)13-8-12(19-11-7-9(17)5-6-10(11)18)16(23(24)25)15-14(13)20-26-21-15/h5-8,19H,3-4H2,1-2H3. The molecule has 10 heteroatoms. The van der Waals surface area contributed by atoms with Gasteiger partial charge in [-0.2, -0.15) is 0 Å². The summed E-state index contributed by atoms with van der Waals surface area (Å²) in [6, 6.07) is 6.49. The summed E-state index contributed by atoms with van der Waals surface area (Å²) in [4.78, 5) is 13.2. The molecule has 0 spiro atoms. The van der Waals surface area contributed by atoms with Crippen LogP contribution in [0.25, 0.3) is 11.0 Å². The van der Waals surface area contributed by atoms with Crippen LogP contribution in [0.1, 0.15) is 13.8 Å². The number of nitro benzene ring substituents is 1. The van der Waals surface area contributed by atoms with Gasteiger partial charge in [0, 0.05) is 18.1 Å². The summed E-state index contributed by atoms with van der Waals surface area (Å²) >= 11 is 12.2. The van der Waals surface area contributed by atoms with Crippen molar-refractivity contribution in [2.45, 2.75) is 13.8 Å². The molecule has 0 aliphatic carbocycles. The first-order valence-corrected chi connectivity index (χ1v) is 8.62. The van der Waals surface area contributed by atoms with Crippen LogP contribution in [0.15, 0.2) is 28.9 Å². The summed E-state index contributed by atoms with van der Waals surface area (Å²) in [5.74, 6) is 0. The van der Waals surface area contributed by atoms with Crippen molar-refractivity contribution in [2.24, 2.45) is 0 Å². The van der Waals surface area contributed by atoms with Gasteiger partial charge < -0.3 is 10.2 Å². The van der Waals surface area contributed by atoms with Crippen LogP contribution in [-0.4, -0.2) is 28.3 Å². The van der Waals surface area contributed by atoms with Crippen molar-refractivity contribution >= 4 is 57.0 Å². The van der Waals surface area contributed by atoms with E-state index >= 15 is 0 Å². The monoisotopic (exact) mass is 395 g/mol. The smallest absolute Gasteiger partial charge is 0.324 e. The molecule has 0 radical (unpaired) electrons. The van der Waals surface area contributed by atoms with E-state index in [1.165, 1.54) is 0 Å². The molecule has 8 nitrogen and oxygen atoms in total. The molecule has 2 aromatic carbocycles. The van der Waals surface area contributed by atoms with Crippen molar-refractivity contribution in [2.75, 3.05) is 23.3 Å². The number of halogens is 2. The number of hydrogen-bond acceptors (Lipinski definition) is 7. The average Bonchev–Trinajstić information content (AvgIpc) is 3.08. The predicted octanol–water partition coefficient (Wildman–Crippen LogP) is 5.03. The van der Waals surface area contributed by atoms with E-state index in [0.717, 1.165) is 0 Å². The molecule has 26 heavy (non-hydrogen) atoms. The number of hydrogen-bond donors (Lipinski definition) is 1. The van der Waals surface area contributed by atoms with Crippen LogP contribution < -0.4 is 10.2 Å². The zero-order valence-corrected chi connectivity index (χ0v) is 15.5. The van der Waals surface area contributed by atoms with E-state index in [0.29, 0.717) is 40.0 Å². The molecule has 3 rings (SSSR count). The highest BCUT2D eigenvalue weighted by molar-refractivity contribution is 6.35. The molecule has 3 aromatic rings. The second-order valence-electron chi connectivity index (χ2n) is 5.43. The van der Waals surface area contributed by atoms with E-state index in [-0.39, 0.29) is 16.9 Å². The van der Waals surface area contributed by atoms with Gasteiger partial charge >= 0.3 is 5.69 Å². The lowest BCUT2D eigenvalue weighted by atomic mass is 10.1. The van der Waals surface area contributed by atoms with Crippen molar-refractivity contribution < 1.29 is 9.55 Å². The highest BCUT2D eigenvalue weighted by Gasteiger charge is 2.27.